The minimum Gasteiger partial charge on any atom is -0.494 e. The lowest BCUT2D eigenvalue weighted by atomic mass is 9.82. The van der Waals surface area contributed by atoms with Crippen molar-refractivity contribution in [1.29, 1.82) is 0 Å². The van der Waals surface area contributed by atoms with Gasteiger partial charge in [0.15, 0.2) is 0 Å². The molecular weight excluding hydrogens is 642 g/mol. The summed E-state index contributed by atoms with van der Waals surface area (Å²) in [6.45, 7) is 9.02. The van der Waals surface area contributed by atoms with Gasteiger partial charge < -0.3 is 15.0 Å². The van der Waals surface area contributed by atoms with E-state index in [1.54, 1.807) is 0 Å². The largest absolute Gasteiger partial charge is 0.494 e. The highest BCUT2D eigenvalue weighted by atomic mass is 35.5. The maximum atomic E-state index is 14.1. The van der Waals surface area contributed by atoms with Gasteiger partial charge in [0.2, 0.25) is 0 Å². The van der Waals surface area contributed by atoms with E-state index >= 15 is 0 Å². The first kappa shape index (κ1) is 33.6. The van der Waals surface area contributed by atoms with Crippen molar-refractivity contribution in [3.8, 4) is 16.9 Å². The lowest BCUT2D eigenvalue weighted by Crippen LogP contribution is -2.24. The monoisotopic (exact) mass is 685 g/mol. The van der Waals surface area contributed by atoms with Crippen LogP contribution in [-0.4, -0.2) is 32.3 Å². The third kappa shape index (κ3) is 6.67. The molecule has 7 rings (SSSR count). The molecule has 1 aliphatic carbocycles. The quantitative estimate of drug-likeness (QED) is 0.141. The standard InChI is InChI=1S/C42H44ClN5O2/c1-25-20-33(21-26(2)39(25)43)50-19-9-14-35-34-12-8-13-36(38-27(3)47-48(5)28(38)4)40(34)46-41(35)42(49)45-24-29-17-18-44-37(22-29)32-16-15-30-10-6-7-11-31(30)23-32/h6-8,10-13,17-18,20-22,32,46H,9,14-16,19,23-24H2,1-5H3,(H,45,49). The molecule has 0 saturated carbocycles. The van der Waals surface area contributed by atoms with Crippen LogP contribution in [0.25, 0.3) is 22.0 Å². The van der Waals surface area contributed by atoms with Gasteiger partial charge in [0, 0.05) is 58.6 Å². The first-order chi connectivity index (χ1) is 24.2. The fourth-order valence-electron chi connectivity index (χ4n) is 7.58. The Balaban J connectivity index is 1.13. The van der Waals surface area contributed by atoms with E-state index in [0.717, 1.165) is 97.8 Å². The average Bonchev–Trinajstić information content (AvgIpc) is 3.62. The van der Waals surface area contributed by atoms with Crippen LogP contribution < -0.4 is 10.1 Å². The lowest BCUT2D eigenvalue weighted by molar-refractivity contribution is 0.0945. The molecule has 50 heavy (non-hydrogen) atoms. The number of para-hydroxylation sites is 1. The number of pyridine rings is 1. The number of amides is 1. The summed E-state index contributed by atoms with van der Waals surface area (Å²) in [6, 6.07) is 23.1. The van der Waals surface area contributed by atoms with E-state index in [9.17, 15) is 4.79 Å². The van der Waals surface area contributed by atoms with Crippen LogP contribution in [0.5, 0.6) is 5.75 Å². The van der Waals surface area contributed by atoms with E-state index in [0.29, 0.717) is 31.2 Å². The van der Waals surface area contributed by atoms with Gasteiger partial charge in [-0.2, -0.15) is 5.10 Å². The SMILES string of the molecule is Cc1cc(OCCCc2c(C(=O)NCc3ccnc(C4CCc5ccccc5C4)c3)[nH]c3c(-c4c(C)nn(C)c4C)cccc23)cc(C)c1Cl. The number of aromatic amines is 1. The van der Waals surface area contributed by atoms with Crippen molar-refractivity contribution < 1.29 is 9.53 Å². The Kier molecular flexibility index (Phi) is 9.52. The van der Waals surface area contributed by atoms with E-state index in [-0.39, 0.29) is 5.91 Å². The zero-order valence-electron chi connectivity index (χ0n) is 29.5. The van der Waals surface area contributed by atoms with Crippen LogP contribution in [0.1, 0.15) is 79.7 Å². The maximum absolute atomic E-state index is 14.1. The second-order valence-electron chi connectivity index (χ2n) is 13.7. The lowest BCUT2D eigenvalue weighted by Gasteiger charge is -2.24. The number of H-pyrrole nitrogens is 1. The van der Waals surface area contributed by atoms with Crippen molar-refractivity contribution >= 4 is 28.4 Å². The Bertz CT molecular complexity index is 2190. The highest BCUT2D eigenvalue weighted by molar-refractivity contribution is 6.32. The zero-order chi connectivity index (χ0) is 34.9. The summed E-state index contributed by atoms with van der Waals surface area (Å²) in [4.78, 5) is 22.4. The van der Waals surface area contributed by atoms with Crippen molar-refractivity contribution in [2.75, 3.05) is 6.61 Å². The second-order valence-corrected chi connectivity index (χ2v) is 14.1. The highest BCUT2D eigenvalue weighted by Gasteiger charge is 2.24. The molecule has 0 saturated heterocycles. The molecule has 0 aliphatic heterocycles. The Morgan fingerprint density at radius 1 is 1.02 bits per heavy atom. The highest BCUT2D eigenvalue weighted by Crippen LogP contribution is 2.36. The number of benzene rings is 3. The molecule has 7 nitrogen and oxygen atoms in total. The van der Waals surface area contributed by atoms with Gasteiger partial charge in [-0.25, -0.2) is 0 Å². The Labute approximate surface area is 299 Å². The van der Waals surface area contributed by atoms with Crippen molar-refractivity contribution in [3.63, 3.8) is 0 Å². The van der Waals surface area contributed by atoms with Crippen molar-refractivity contribution in [2.24, 2.45) is 7.05 Å². The molecule has 0 spiro atoms. The van der Waals surface area contributed by atoms with Crippen LogP contribution in [-0.2, 0) is 32.9 Å². The minimum atomic E-state index is -0.128. The van der Waals surface area contributed by atoms with Crippen LogP contribution in [0.3, 0.4) is 0 Å². The predicted molar refractivity (Wildman–Crippen MR) is 201 cm³/mol. The molecule has 3 heterocycles. The fourth-order valence-corrected chi connectivity index (χ4v) is 7.68. The third-order valence-electron chi connectivity index (χ3n) is 10.3. The van der Waals surface area contributed by atoms with Gasteiger partial charge in [-0.05, 0) is 117 Å². The van der Waals surface area contributed by atoms with E-state index in [2.05, 4.69) is 70.9 Å². The van der Waals surface area contributed by atoms with Crippen LogP contribution in [0.2, 0.25) is 5.02 Å². The Morgan fingerprint density at radius 2 is 1.80 bits per heavy atom. The summed E-state index contributed by atoms with van der Waals surface area (Å²) in [5.41, 5.74) is 13.7. The number of hydrogen-bond donors (Lipinski definition) is 2. The molecule has 2 N–H and O–H groups in total. The van der Waals surface area contributed by atoms with E-state index in [1.165, 1.54) is 11.1 Å². The third-order valence-corrected chi connectivity index (χ3v) is 10.9. The molecule has 3 aromatic carbocycles. The number of nitrogens with one attached hydrogen (secondary N) is 2. The van der Waals surface area contributed by atoms with Crippen molar-refractivity contribution in [1.82, 2.24) is 25.1 Å². The maximum Gasteiger partial charge on any atom is 0.268 e. The summed E-state index contributed by atoms with van der Waals surface area (Å²) >= 11 is 6.38. The van der Waals surface area contributed by atoms with Gasteiger partial charge in [-0.3, -0.25) is 14.5 Å². The number of carbonyl (C=O) groups excluding carboxylic acids is 1. The van der Waals surface area contributed by atoms with Gasteiger partial charge in [-0.15, -0.1) is 0 Å². The van der Waals surface area contributed by atoms with E-state index in [4.69, 9.17) is 21.3 Å². The number of aromatic nitrogens is 4. The molecule has 8 heteroatoms. The fraction of sp³-hybridized carbons (Fsp3) is 0.310. The van der Waals surface area contributed by atoms with Gasteiger partial charge in [0.25, 0.3) is 5.91 Å². The molecule has 6 aromatic rings. The van der Waals surface area contributed by atoms with Gasteiger partial charge in [0.1, 0.15) is 11.4 Å². The summed E-state index contributed by atoms with van der Waals surface area (Å²) in [5.74, 6) is 1.05. The summed E-state index contributed by atoms with van der Waals surface area (Å²) in [5, 5.41) is 9.71. The van der Waals surface area contributed by atoms with E-state index in [1.807, 2.05) is 56.9 Å². The molecular formula is C42H44ClN5O2. The summed E-state index contributed by atoms with van der Waals surface area (Å²) < 4.78 is 8.07. The first-order valence-electron chi connectivity index (χ1n) is 17.5. The average molecular weight is 686 g/mol. The van der Waals surface area contributed by atoms with Gasteiger partial charge >= 0.3 is 0 Å². The van der Waals surface area contributed by atoms with Crippen LogP contribution in [0.4, 0.5) is 0 Å². The summed E-state index contributed by atoms with van der Waals surface area (Å²) in [7, 11) is 1.96. The van der Waals surface area contributed by atoms with Gasteiger partial charge in [0.05, 0.1) is 17.8 Å². The molecule has 1 aliphatic rings. The minimum absolute atomic E-state index is 0.128. The smallest absolute Gasteiger partial charge is 0.268 e. The number of fused-ring (bicyclic) bond motifs is 2. The normalized spacial score (nSPS) is 14.2. The Morgan fingerprint density at radius 3 is 2.56 bits per heavy atom. The number of halogens is 1. The molecule has 256 valence electrons. The first-order valence-corrected chi connectivity index (χ1v) is 17.9. The number of aryl methyl sites for hydroxylation is 6. The molecule has 3 aromatic heterocycles. The van der Waals surface area contributed by atoms with Gasteiger partial charge in [-0.1, -0.05) is 54.1 Å². The molecule has 0 bridgehead atoms. The van der Waals surface area contributed by atoms with Crippen LogP contribution >= 0.6 is 11.6 Å². The zero-order valence-corrected chi connectivity index (χ0v) is 30.2. The number of nitrogens with zero attached hydrogens (tertiary/aromatic N) is 3. The number of hydrogen-bond acceptors (Lipinski definition) is 4. The second kappa shape index (κ2) is 14.2. The number of ether oxygens (including phenoxy) is 1. The van der Waals surface area contributed by atoms with Crippen LogP contribution in [0.15, 0.2) is 72.9 Å². The topological polar surface area (TPSA) is 84.8 Å². The van der Waals surface area contributed by atoms with E-state index < -0.39 is 0 Å². The number of carbonyl (C=O) groups is 1. The number of rotatable bonds is 10. The predicted octanol–water partition coefficient (Wildman–Crippen LogP) is 9.06. The molecule has 1 unspecified atom stereocenters. The Hall–Kier alpha value is -4.88. The van der Waals surface area contributed by atoms with Crippen molar-refractivity contribution in [3.05, 3.63) is 134 Å². The molecule has 1 atom stereocenters. The summed E-state index contributed by atoms with van der Waals surface area (Å²) in [6.07, 6.45) is 6.43. The van der Waals surface area contributed by atoms with Crippen molar-refractivity contribution in [2.45, 2.75) is 72.3 Å². The molecule has 0 fully saturated rings. The molecule has 0 radical (unpaired) electrons. The van der Waals surface area contributed by atoms with Crippen LogP contribution in [0, 0.1) is 27.7 Å². The molecule has 1 amide bonds.